The van der Waals surface area contributed by atoms with Gasteiger partial charge in [-0.2, -0.15) is 11.8 Å². The van der Waals surface area contributed by atoms with Crippen LogP contribution in [-0.4, -0.2) is 18.1 Å². The molecule has 0 spiro atoms. The minimum Gasteiger partial charge on any atom is -0.330 e. The highest BCUT2D eigenvalue weighted by Crippen LogP contribution is 2.44. The third-order valence-electron chi connectivity index (χ3n) is 3.06. The van der Waals surface area contributed by atoms with E-state index in [9.17, 15) is 0 Å². The van der Waals surface area contributed by atoms with Gasteiger partial charge in [-0.3, -0.25) is 0 Å². The van der Waals surface area contributed by atoms with Gasteiger partial charge in [-0.25, -0.2) is 0 Å². The first-order valence-corrected chi connectivity index (χ1v) is 5.35. The van der Waals surface area contributed by atoms with Crippen molar-refractivity contribution in [3.63, 3.8) is 0 Å². The van der Waals surface area contributed by atoms with Crippen molar-refractivity contribution in [3.05, 3.63) is 0 Å². The summed E-state index contributed by atoms with van der Waals surface area (Å²) in [5.74, 6) is 5.63. The molecule has 2 heteroatoms. The van der Waals surface area contributed by atoms with E-state index in [1.165, 1.54) is 24.3 Å². The van der Waals surface area contributed by atoms with Crippen LogP contribution in [0.3, 0.4) is 0 Å². The molecule has 0 radical (unpaired) electrons. The van der Waals surface area contributed by atoms with Crippen molar-refractivity contribution in [2.75, 3.05) is 18.1 Å². The van der Waals surface area contributed by atoms with Crippen LogP contribution < -0.4 is 5.73 Å². The number of hydrogen-bond acceptors (Lipinski definition) is 2. The number of nitrogens with two attached hydrogens (primary N) is 1. The first kappa shape index (κ1) is 6.99. The lowest BCUT2D eigenvalue weighted by atomic mass is 9.91. The first-order chi connectivity index (χ1) is 4.92. The first-order valence-electron chi connectivity index (χ1n) is 4.19. The number of hydrogen-bond donors (Lipinski definition) is 1. The minimum atomic E-state index is 0.890. The van der Waals surface area contributed by atoms with Gasteiger partial charge in [-0.15, -0.1) is 0 Å². The van der Waals surface area contributed by atoms with Gasteiger partial charge in [0.15, 0.2) is 0 Å². The lowest BCUT2D eigenvalue weighted by Gasteiger charge is -2.28. The van der Waals surface area contributed by atoms with Gasteiger partial charge in [0.2, 0.25) is 0 Å². The highest BCUT2D eigenvalue weighted by atomic mass is 32.2. The second-order valence-electron chi connectivity index (χ2n) is 3.53. The molecule has 1 aliphatic heterocycles. The Hall–Kier alpha value is 0.310. The molecule has 10 heavy (non-hydrogen) atoms. The lowest BCUT2D eigenvalue weighted by molar-refractivity contribution is 0.354. The molecule has 1 saturated carbocycles. The van der Waals surface area contributed by atoms with Crippen LogP contribution in [0.4, 0.5) is 0 Å². The summed E-state index contributed by atoms with van der Waals surface area (Å²) in [7, 11) is 0. The molecule has 1 saturated heterocycles. The highest BCUT2D eigenvalue weighted by molar-refractivity contribution is 7.99. The summed E-state index contributed by atoms with van der Waals surface area (Å²) in [5, 5.41) is 0. The Bertz CT molecular complexity index is 110. The third-order valence-corrected chi connectivity index (χ3v) is 4.38. The summed E-state index contributed by atoms with van der Waals surface area (Å²) in [5.41, 5.74) is 5.71. The molecule has 2 atom stereocenters. The van der Waals surface area contributed by atoms with Crippen molar-refractivity contribution in [3.8, 4) is 0 Å². The Morgan fingerprint density at radius 3 is 2.20 bits per heavy atom. The van der Waals surface area contributed by atoms with Gasteiger partial charge in [-0.1, -0.05) is 0 Å². The SMILES string of the molecule is NCC1C2CCC1CSC2. The summed E-state index contributed by atoms with van der Waals surface area (Å²) in [4.78, 5) is 0. The summed E-state index contributed by atoms with van der Waals surface area (Å²) in [6, 6.07) is 0. The van der Waals surface area contributed by atoms with E-state index in [0.717, 1.165) is 24.3 Å². The standard InChI is InChI=1S/C8H15NS/c9-3-8-6-1-2-7(8)5-10-4-6/h6-8H,1-5,9H2. The molecule has 1 heterocycles. The maximum absolute atomic E-state index is 5.71. The maximum Gasteiger partial charge on any atom is -0.00358 e. The van der Waals surface area contributed by atoms with Gasteiger partial charge in [-0.05, 0) is 48.6 Å². The van der Waals surface area contributed by atoms with E-state index in [4.69, 9.17) is 5.73 Å². The van der Waals surface area contributed by atoms with Crippen molar-refractivity contribution in [2.24, 2.45) is 23.5 Å². The van der Waals surface area contributed by atoms with E-state index < -0.39 is 0 Å². The van der Waals surface area contributed by atoms with Gasteiger partial charge < -0.3 is 5.73 Å². The molecule has 0 aromatic rings. The van der Waals surface area contributed by atoms with E-state index in [-0.39, 0.29) is 0 Å². The molecule has 2 bridgehead atoms. The van der Waals surface area contributed by atoms with Crippen molar-refractivity contribution in [1.29, 1.82) is 0 Å². The van der Waals surface area contributed by atoms with E-state index >= 15 is 0 Å². The van der Waals surface area contributed by atoms with Crippen molar-refractivity contribution in [1.82, 2.24) is 0 Å². The molecule has 0 amide bonds. The average Bonchev–Trinajstić information content (AvgIpc) is 2.19. The Morgan fingerprint density at radius 1 is 1.20 bits per heavy atom. The van der Waals surface area contributed by atoms with Crippen LogP contribution in [-0.2, 0) is 0 Å². The van der Waals surface area contributed by atoms with E-state index in [1.807, 2.05) is 0 Å². The fraction of sp³-hybridized carbons (Fsp3) is 1.00. The molecule has 58 valence electrons. The molecule has 0 aromatic carbocycles. The molecule has 2 aliphatic rings. The van der Waals surface area contributed by atoms with Crippen molar-refractivity contribution >= 4 is 11.8 Å². The summed E-state index contributed by atoms with van der Waals surface area (Å²) in [6.07, 6.45) is 2.92. The van der Waals surface area contributed by atoms with Crippen LogP contribution >= 0.6 is 11.8 Å². The molecular formula is C8H15NS. The Morgan fingerprint density at radius 2 is 1.80 bits per heavy atom. The highest BCUT2D eigenvalue weighted by Gasteiger charge is 2.37. The fourth-order valence-electron chi connectivity index (χ4n) is 2.41. The lowest BCUT2D eigenvalue weighted by Crippen LogP contribution is -2.30. The van der Waals surface area contributed by atoms with Gasteiger partial charge >= 0.3 is 0 Å². The van der Waals surface area contributed by atoms with Gasteiger partial charge in [0, 0.05) is 0 Å². The summed E-state index contributed by atoms with van der Waals surface area (Å²) in [6.45, 7) is 0.940. The zero-order chi connectivity index (χ0) is 6.97. The monoisotopic (exact) mass is 157 g/mol. The van der Waals surface area contributed by atoms with Crippen LogP contribution in [0.25, 0.3) is 0 Å². The molecule has 1 aliphatic carbocycles. The van der Waals surface area contributed by atoms with E-state index in [2.05, 4.69) is 11.8 Å². The van der Waals surface area contributed by atoms with Crippen LogP contribution in [0.1, 0.15) is 12.8 Å². The Balaban J connectivity index is 2.06. The molecule has 2 N–H and O–H groups in total. The number of rotatable bonds is 1. The zero-order valence-corrected chi connectivity index (χ0v) is 7.07. The van der Waals surface area contributed by atoms with Crippen LogP contribution in [0.5, 0.6) is 0 Å². The van der Waals surface area contributed by atoms with Gasteiger partial charge in [0.1, 0.15) is 0 Å². The molecule has 2 unspecified atom stereocenters. The second-order valence-corrected chi connectivity index (χ2v) is 4.61. The number of fused-ring (bicyclic) bond motifs is 2. The molecule has 0 aromatic heterocycles. The van der Waals surface area contributed by atoms with Gasteiger partial charge in [0.25, 0.3) is 0 Å². The van der Waals surface area contributed by atoms with Crippen LogP contribution in [0.2, 0.25) is 0 Å². The molecular weight excluding hydrogens is 142 g/mol. The number of thioether (sulfide) groups is 1. The molecule has 2 rings (SSSR count). The fourth-order valence-corrected chi connectivity index (χ4v) is 3.98. The second kappa shape index (κ2) is 2.74. The maximum atomic E-state index is 5.71. The van der Waals surface area contributed by atoms with Crippen molar-refractivity contribution < 1.29 is 0 Å². The van der Waals surface area contributed by atoms with E-state index in [1.54, 1.807) is 0 Å². The normalized spacial score (nSPS) is 45.9. The zero-order valence-electron chi connectivity index (χ0n) is 6.25. The third kappa shape index (κ3) is 0.978. The largest absolute Gasteiger partial charge is 0.330 e. The average molecular weight is 157 g/mol. The minimum absolute atomic E-state index is 0.890. The quantitative estimate of drug-likeness (QED) is 0.621. The Labute approximate surface area is 66.7 Å². The smallest absolute Gasteiger partial charge is 0.00358 e. The summed E-state index contributed by atoms with van der Waals surface area (Å²) < 4.78 is 0. The molecule has 2 fully saturated rings. The topological polar surface area (TPSA) is 26.0 Å². The molecule has 1 nitrogen and oxygen atoms in total. The van der Waals surface area contributed by atoms with Crippen LogP contribution in [0, 0.1) is 17.8 Å². The van der Waals surface area contributed by atoms with Crippen LogP contribution in [0.15, 0.2) is 0 Å². The predicted molar refractivity (Wildman–Crippen MR) is 46.1 cm³/mol. The van der Waals surface area contributed by atoms with Crippen molar-refractivity contribution in [2.45, 2.75) is 12.8 Å². The Kier molecular flexibility index (Phi) is 1.92. The summed E-state index contributed by atoms with van der Waals surface area (Å²) >= 11 is 2.14. The van der Waals surface area contributed by atoms with Gasteiger partial charge in [0.05, 0.1) is 0 Å². The van der Waals surface area contributed by atoms with E-state index in [0.29, 0.717) is 0 Å². The predicted octanol–water partition coefficient (Wildman–Crippen LogP) is 1.33.